The summed E-state index contributed by atoms with van der Waals surface area (Å²) < 4.78 is 16.9. The number of ether oxygens (including phenoxy) is 2. The van der Waals surface area contributed by atoms with Crippen molar-refractivity contribution in [3.05, 3.63) is 94.4 Å². The van der Waals surface area contributed by atoms with Crippen LogP contribution in [0.5, 0.6) is 11.5 Å². The van der Waals surface area contributed by atoms with Crippen LogP contribution in [0, 0.1) is 0 Å². The van der Waals surface area contributed by atoms with Crippen LogP contribution in [0.1, 0.15) is 34.6 Å². The Morgan fingerprint density at radius 2 is 1.74 bits per heavy atom. The number of benzene rings is 3. The number of amides is 1. The predicted molar refractivity (Wildman–Crippen MR) is 155 cm³/mol. The molecule has 0 fully saturated rings. The molecule has 7 nitrogen and oxygen atoms in total. The molecule has 1 N–H and O–H groups in total. The molecule has 1 amide bonds. The number of hydrogen-bond donors (Lipinski definition) is 1. The normalized spacial score (nSPS) is 11.5. The van der Waals surface area contributed by atoms with Gasteiger partial charge in [-0.3, -0.25) is 10.1 Å². The highest BCUT2D eigenvalue weighted by molar-refractivity contribution is 7.16. The molecule has 5 aromatic rings. The summed E-state index contributed by atoms with van der Waals surface area (Å²) in [6.07, 6.45) is 1.79. The maximum Gasteiger partial charge on any atom is 0.262 e. The number of para-hydroxylation sites is 1. The second-order valence-corrected chi connectivity index (χ2v) is 9.89. The molecule has 0 saturated carbocycles. The molecule has 2 heterocycles. The summed E-state index contributed by atoms with van der Waals surface area (Å²) in [6.45, 7) is 4.22. The minimum absolute atomic E-state index is 0.164. The van der Waals surface area contributed by atoms with E-state index < -0.39 is 0 Å². The Morgan fingerprint density at radius 1 is 0.974 bits per heavy atom. The number of methoxy groups -OCH3 is 2. The van der Waals surface area contributed by atoms with Crippen LogP contribution in [0.15, 0.2) is 82.2 Å². The van der Waals surface area contributed by atoms with Gasteiger partial charge in [0.15, 0.2) is 16.5 Å². The lowest BCUT2D eigenvalue weighted by atomic mass is 10.1. The predicted octanol–water partition coefficient (Wildman–Crippen LogP) is 7.18. The zero-order chi connectivity index (χ0) is 27.4. The molecule has 0 bridgehead atoms. The van der Waals surface area contributed by atoms with Gasteiger partial charge in [-0.15, -0.1) is 11.3 Å². The first-order valence-electron chi connectivity index (χ1n) is 12.7. The molecule has 0 radical (unpaired) electrons. The lowest BCUT2D eigenvalue weighted by Gasteiger charge is -2.08. The van der Waals surface area contributed by atoms with E-state index >= 15 is 0 Å². The summed E-state index contributed by atoms with van der Waals surface area (Å²) in [5.74, 6) is 0.900. The van der Waals surface area contributed by atoms with E-state index in [9.17, 15) is 4.79 Å². The molecule has 8 heteroatoms. The molecular formula is C31H29N3O4S. The number of nitrogens with one attached hydrogen (secondary N) is 1. The zero-order valence-electron chi connectivity index (χ0n) is 22.3. The average Bonchev–Trinajstić information content (AvgIpc) is 3.39. The van der Waals surface area contributed by atoms with Crippen LogP contribution >= 0.6 is 11.3 Å². The summed E-state index contributed by atoms with van der Waals surface area (Å²) in [7, 11) is 3.18. The monoisotopic (exact) mass is 539 g/mol. The molecular weight excluding hydrogens is 510 g/mol. The van der Waals surface area contributed by atoms with Crippen molar-refractivity contribution in [2.24, 2.45) is 4.99 Å². The maximum atomic E-state index is 13.6. The highest BCUT2D eigenvalue weighted by Crippen LogP contribution is 2.32. The molecule has 198 valence electrons. The van der Waals surface area contributed by atoms with Crippen molar-refractivity contribution in [3.63, 3.8) is 0 Å². The Bertz CT molecular complexity index is 1690. The molecule has 0 aliphatic carbocycles. The smallest absolute Gasteiger partial charge is 0.262 e. The Balaban J connectivity index is 1.56. The van der Waals surface area contributed by atoms with Crippen LogP contribution in [0.3, 0.4) is 0 Å². The van der Waals surface area contributed by atoms with Crippen molar-refractivity contribution in [2.45, 2.75) is 26.7 Å². The van der Waals surface area contributed by atoms with Gasteiger partial charge >= 0.3 is 0 Å². The first-order valence-corrected chi connectivity index (χ1v) is 13.5. The number of hydrogen-bond acceptors (Lipinski definition) is 7. The van der Waals surface area contributed by atoms with Crippen LogP contribution in [0.2, 0.25) is 0 Å². The molecule has 0 aliphatic heterocycles. The van der Waals surface area contributed by atoms with Crippen LogP contribution in [-0.4, -0.2) is 25.1 Å². The lowest BCUT2D eigenvalue weighted by Crippen LogP contribution is -2.21. The lowest BCUT2D eigenvalue weighted by molar-refractivity contribution is 0.102. The minimum atomic E-state index is -0.361. The van der Waals surface area contributed by atoms with E-state index in [0.29, 0.717) is 27.9 Å². The summed E-state index contributed by atoms with van der Waals surface area (Å²) >= 11 is 1.47. The van der Waals surface area contributed by atoms with Gasteiger partial charge in [0.25, 0.3) is 5.91 Å². The largest absolute Gasteiger partial charge is 0.497 e. The third-order valence-corrected chi connectivity index (χ3v) is 7.50. The fraction of sp³-hybridized carbons (Fsp3) is 0.194. The van der Waals surface area contributed by atoms with Crippen LogP contribution < -0.4 is 20.3 Å². The van der Waals surface area contributed by atoms with E-state index in [0.717, 1.165) is 34.4 Å². The van der Waals surface area contributed by atoms with E-state index in [1.54, 1.807) is 50.6 Å². The molecule has 0 atom stereocenters. The molecule has 39 heavy (non-hydrogen) atoms. The van der Waals surface area contributed by atoms with E-state index in [4.69, 9.17) is 18.9 Å². The third-order valence-electron chi connectivity index (χ3n) is 6.38. The Labute approximate surface area is 230 Å². The zero-order valence-corrected chi connectivity index (χ0v) is 23.1. The molecule has 0 aliphatic rings. The number of rotatable bonds is 8. The molecule has 0 unspecified atom stereocenters. The highest BCUT2D eigenvalue weighted by Gasteiger charge is 2.18. The van der Waals surface area contributed by atoms with Gasteiger partial charge in [-0.2, -0.15) is 0 Å². The fourth-order valence-electron chi connectivity index (χ4n) is 4.24. The quantitative estimate of drug-likeness (QED) is 0.226. The number of thiazole rings is 1. The second kappa shape index (κ2) is 11.5. The van der Waals surface area contributed by atoms with Gasteiger partial charge in [-0.05, 0) is 54.8 Å². The topological polar surface area (TPSA) is 86.0 Å². The third kappa shape index (κ3) is 5.56. The van der Waals surface area contributed by atoms with Gasteiger partial charge in [0.2, 0.25) is 5.55 Å². The number of fused-ring (bicyclic) bond motifs is 1. The van der Waals surface area contributed by atoms with Gasteiger partial charge in [0, 0.05) is 15.8 Å². The number of carbonyl (C=O) groups is 1. The maximum absolute atomic E-state index is 13.6. The van der Waals surface area contributed by atoms with Crippen molar-refractivity contribution in [1.29, 1.82) is 0 Å². The number of nitrogens with zero attached hydrogens (tertiary/aromatic N) is 2. The molecule has 2 aromatic heterocycles. The van der Waals surface area contributed by atoms with E-state index in [2.05, 4.69) is 48.4 Å². The van der Waals surface area contributed by atoms with E-state index in [1.807, 2.05) is 12.1 Å². The average molecular weight is 540 g/mol. The van der Waals surface area contributed by atoms with Crippen molar-refractivity contribution in [3.8, 4) is 22.8 Å². The van der Waals surface area contributed by atoms with Crippen molar-refractivity contribution in [1.82, 2.24) is 4.98 Å². The van der Waals surface area contributed by atoms with Gasteiger partial charge in [-0.1, -0.05) is 50.2 Å². The van der Waals surface area contributed by atoms with Gasteiger partial charge in [0.05, 0.1) is 25.6 Å². The van der Waals surface area contributed by atoms with Crippen molar-refractivity contribution >= 4 is 39.0 Å². The number of carbonyl (C=O) groups excluding carboxylic acids is 1. The van der Waals surface area contributed by atoms with E-state index in [-0.39, 0.29) is 17.0 Å². The Hall–Kier alpha value is -4.43. The molecule has 5 rings (SSSR count). The summed E-state index contributed by atoms with van der Waals surface area (Å²) in [4.78, 5) is 24.2. The van der Waals surface area contributed by atoms with Gasteiger partial charge in [-0.25, -0.2) is 9.98 Å². The van der Waals surface area contributed by atoms with E-state index in [1.165, 1.54) is 16.9 Å². The SMILES string of the molecule is CCc1ccc(-c2nc(NC(=O)c3cc4cccc(OC)c4oc3=Nc3ccc(OC)cc3)sc2CC)cc1. The number of anilines is 1. The van der Waals surface area contributed by atoms with Gasteiger partial charge < -0.3 is 13.9 Å². The second-order valence-electron chi connectivity index (χ2n) is 8.80. The highest BCUT2D eigenvalue weighted by atomic mass is 32.1. The number of aromatic nitrogens is 1. The standard InChI is InChI=1S/C31H29N3O4S/c1-5-19-10-12-20(13-11-19)27-26(6-2)39-31(33-27)34-29(35)24-18-21-8-7-9-25(37-4)28(21)38-30(24)32-22-14-16-23(36-3)17-15-22/h7-18H,5-6H2,1-4H3,(H,33,34,35). The summed E-state index contributed by atoms with van der Waals surface area (Å²) in [5.41, 5.74) is 4.75. The molecule has 3 aromatic carbocycles. The van der Waals surface area contributed by atoms with Crippen LogP contribution in [0.25, 0.3) is 22.2 Å². The fourth-order valence-corrected chi connectivity index (χ4v) is 5.16. The first-order chi connectivity index (χ1) is 19.0. The van der Waals surface area contributed by atoms with Crippen LogP contribution in [0.4, 0.5) is 10.8 Å². The van der Waals surface area contributed by atoms with Crippen LogP contribution in [-0.2, 0) is 12.8 Å². The Morgan fingerprint density at radius 3 is 2.41 bits per heavy atom. The summed E-state index contributed by atoms with van der Waals surface area (Å²) in [5, 5.41) is 4.22. The number of aryl methyl sites for hydroxylation is 2. The Kier molecular flexibility index (Phi) is 7.74. The van der Waals surface area contributed by atoms with Crippen molar-refractivity contribution in [2.75, 3.05) is 19.5 Å². The first kappa shape index (κ1) is 26.2. The molecule has 0 saturated heterocycles. The van der Waals surface area contributed by atoms with Gasteiger partial charge in [0.1, 0.15) is 11.3 Å². The summed E-state index contributed by atoms with van der Waals surface area (Å²) in [6, 6.07) is 22.9. The molecule has 0 spiro atoms. The minimum Gasteiger partial charge on any atom is -0.497 e. The van der Waals surface area contributed by atoms with Crippen molar-refractivity contribution < 1.29 is 18.7 Å².